The van der Waals surface area contributed by atoms with E-state index in [9.17, 15) is 41.2 Å². The Labute approximate surface area is 201 Å². The highest BCUT2D eigenvalue weighted by atomic mass is 16.1. The average molecular weight is 460 g/mol. The lowest BCUT2D eigenvalue weighted by atomic mass is 9.88. The summed E-state index contributed by atoms with van der Waals surface area (Å²) in [6.45, 7) is 0. The Bertz CT molecular complexity index is 1820. The fourth-order valence-corrected chi connectivity index (χ4v) is 3.63. The number of nitriles is 8. The van der Waals surface area contributed by atoms with Gasteiger partial charge in [-0.25, -0.2) is 0 Å². The molecule has 160 valence electrons. The molecule has 3 aromatic carbocycles. The Morgan fingerprint density at radius 3 is 0.944 bits per heavy atom. The third-order valence-electron chi connectivity index (χ3n) is 5.15. The molecule has 10 heteroatoms. The average Bonchev–Trinajstić information content (AvgIpc) is 2.92. The van der Waals surface area contributed by atoms with E-state index in [0.29, 0.717) is 0 Å². The molecule has 0 fully saturated rings. The Morgan fingerprint density at radius 2 is 0.750 bits per heavy atom. The minimum atomic E-state index is -1.07. The second-order valence-electron chi connectivity index (χ2n) is 6.95. The molecule has 0 aromatic heterocycles. The van der Waals surface area contributed by atoms with Gasteiger partial charge in [0.25, 0.3) is 0 Å². The largest absolute Gasteiger partial charge is 0.288 e. The van der Waals surface area contributed by atoms with Gasteiger partial charge in [0.05, 0.1) is 91.4 Å². The highest BCUT2D eigenvalue weighted by molar-refractivity contribution is 5.87. The zero-order valence-electron chi connectivity index (χ0n) is 17.7. The van der Waals surface area contributed by atoms with Crippen molar-refractivity contribution < 1.29 is 0 Å². The molecule has 0 aliphatic rings. The van der Waals surface area contributed by atoms with Gasteiger partial charge in [-0.2, -0.15) is 42.1 Å². The number of benzene rings is 2. The molecule has 0 aliphatic heterocycles. The van der Waals surface area contributed by atoms with Crippen LogP contribution in [-0.4, -0.2) is 0 Å². The van der Waals surface area contributed by atoms with Crippen molar-refractivity contribution >= 4 is 11.1 Å². The van der Waals surface area contributed by atoms with E-state index < -0.39 is 32.4 Å². The fraction of sp³-hybridized carbons (Fsp3) is 0. The summed E-state index contributed by atoms with van der Waals surface area (Å²) in [4.78, 5) is 26.2. The van der Waals surface area contributed by atoms with Crippen LogP contribution in [-0.2, 0) is 0 Å². The van der Waals surface area contributed by atoms with Crippen molar-refractivity contribution in [2.45, 2.75) is 0 Å². The summed E-state index contributed by atoms with van der Waals surface area (Å²) in [5.74, 6) is 0. The van der Waals surface area contributed by atoms with Gasteiger partial charge < -0.3 is 0 Å². The fourth-order valence-electron chi connectivity index (χ4n) is 3.63. The third kappa shape index (κ3) is 3.48. The molecular weight excluding hydrogens is 456 g/mol. The minimum Gasteiger partial charge on any atom is -0.288 e. The lowest BCUT2D eigenvalue weighted by Gasteiger charge is -2.09. The standard InChI is InChI=1S/C26H4N8O2/c27-5-13-1-15(7-29)21(16(2-13)8-30)19(11-33)23-25(35)24(26(23)36)20(12-34)22-17(9-31)3-14(6-28)4-18(22)10-32/h1-4H. The van der Waals surface area contributed by atoms with Gasteiger partial charge >= 0.3 is 0 Å². The first-order valence-electron chi connectivity index (χ1n) is 9.51. The van der Waals surface area contributed by atoms with Gasteiger partial charge in [0.15, 0.2) is 0 Å². The Morgan fingerprint density at radius 1 is 0.472 bits per heavy atom. The van der Waals surface area contributed by atoms with Crippen molar-refractivity contribution in [3.63, 3.8) is 0 Å². The van der Waals surface area contributed by atoms with Crippen LogP contribution in [0.4, 0.5) is 0 Å². The summed E-state index contributed by atoms with van der Waals surface area (Å²) in [5.41, 5.74) is -5.23. The van der Waals surface area contributed by atoms with Gasteiger partial charge in [-0.1, -0.05) is 0 Å². The maximum atomic E-state index is 13.1. The summed E-state index contributed by atoms with van der Waals surface area (Å²) >= 11 is 0. The molecule has 10 nitrogen and oxygen atoms in total. The van der Waals surface area contributed by atoms with Crippen LogP contribution < -0.4 is 21.3 Å². The summed E-state index contributed by atoms with van der Waals surface area (Å²) in [7, 11) is 0. The molecule has 0 amide bonds. The van der Waals surface area contributed by atoms with Crippen LogP contribution >= 0.6 is 0 Å². The van der Waals surface area contributed by atoms with Gasteiger partial charge in [-0.05, 0) is 24.3 Å². The Kier molecular flexibility index (Phi) is 6.19. The molecule has 0 bridgehead atoms. The van der Waals surface area contributed by atoms with Crippen LogP contribution in [0.2, 0.25) is 0 Å². The van der Waals surface area contributed by atoms with Crippen LogP contribution in [0.5, 0.6) is 0 Å². The van der Waals surface area contributed by atoms with Crippen LogP contribution in [0, 0.1) is 90.6 Å². The lowest BCUT2D eigenvalue weighted by molar-refractivity contribution is 1.23. The Hall–Kier alpha value is -6.82. The molecular formula is C26H4N8O2. The van der Waals surface area contributed by atoms with Crippen molar-refractivity contribution in [1.29, 1.82) is 42.1 Å². The number of hydrogen-bond donors (Lipinski definition) is 0. The van der Waals surface area contributed by atoms with Crippen LogP contribution in [0.15, 0.2) is 33.9 Å². The first kappa shape index (κ1) is 23.8. The van der Waals surface area contributed by atoms with Crippen molar-refractivity contribution in [1.82, 2.24) is 0 Å². The smallest absolute Gasteiger partial charge is 0.203 e. The van der Waals surface area contributed by atoms with Crippen LogP contribution in [0.25, 0.3) is 11.1 Å². The van der Waals surface area contributed by atoms with Gasteiger partial charge in [-0.3, -0.25) is 9.59 Å². The molecule has 3 rings (SSSR count). The highest BCUT2D eigenvalue weighted by Gasteiger charge is 2.25. The maximum Gasteiger partial charge on any atom is 0.203 e. The quantitative estimate of drug-likeness (QED) is 0.495. The first-order valence-corrected chi connectivity index (χ1v) is 9.51. The predicted octanol–water partition coefficient (Wildman–Crippen LogP) is -0.0422. The van der Waals surface area contributed by atoms with E-state index in [0.717, 1.165) is 24.3 Å². The Balaban J connectivity index is 2.58. The number of rotatable bonds is 2. The predicted molar refractivity (Wildman–Crippen MR) is 118 cm³/mol. The van der Waals surface area contributed by atoms with Crippen molar-refractivity contribution in [3.8, 4) is 48.6 Å². The summed E-state index contributed by atoms with van der Waals surface area (Å²) in [5, 5.41) is 74.3. The van der Waals surface area contributed by atoms with Gasteiger partial charge in [-0.15, -0.1) is 0 Å². The normalized spacial score (nSPS) is 9.11. The van der Waals surface area contributed by atoms with Crippen LogP contribution in [0.3, 0.4) is 0 Å². The molecule has 3 aromatic rings. The molecule has 0 unspecified atom stereocenters. The molecule has 0 aliphatic carbocycles. The zero-order valence-corrected chi connectivity index (χ0v) is 17.7. The van der Waals surface area contributed by atoms with E-state index in [2.05, 4.69) is 0 Å². The van der Waals surface area contributed by atoms with E-state index in [1.54, 1.807) is 48.6 Å². The second kappa shape index (κ2) is 9.35. The molecule has 0 atom stereocenters. The second-order valence-corrected chi connectivity index (χ2v) is 6.95. The summed E-state index contributed by atoms with van der Waals surface area (Å²) in [6.07, 6.45) is 0. The van der Waals surface area contributed by atoms with E-state index in [-0.39, 0.29) is 44.5 Å². The van der Waals surface area contributed by atoms with Crippen molar-refractivity contribution in [2.75, 3.05) is 0 Å². The highest BCUT2D eigenvalue weighted by Crippen LogP contribution is 2.24. The zero-order chi connectivity index (χ0) is 26.6. The minimum absolute atomic E-state index is 0.0540. The lowest BCUT2D eigenvalue weighted by Crippen LogP contribution is -2.66. The molecule has 0 N–H and O–H groups in total. The molecule has 0 spiro atoms. The summed E-state index contributed by atoms with van der Waals surface area (Å²) in [6, 6.07) is 18.1. The molecule has 0 heterocycles. The van der Waals surface area contributed by atoms with E-state index >= 15 is 0 Å². The van der Waals surface area contributed by atoms with E-state index in [1.165, 1.54) is 0 Å². The molecule has 36 heavy (non-hydrogen) atoms. The summed E-state index contributed by atoms with van der Waals surface area (Å²) < 4.78 is 0. The SMILES string of the molecule is N#CC(c1c(C#N)cc(C#N)cc1C#N)=c1c(=O)c(=C(C#N)c2c(C#N)cc(C#N)cc2C#N)c1=O. The van der Waals surface area contributed by atoms with E-state index in [1.807, 2.05) is 0 Å². The van der Waals surface area contributed by atoms with Gasteiger partial charge in [0, 0.05) is 11.1 Å². The van der Waals surface area contributed by atoms with E-state index in [4.69, 9.17) is 10.5 Å². The maximum absolute atomic E-state index is 13.1. The monoisotopic (exact) mass is 460 g/mol. The van der Waals surface area contributed by atoms with Gasteiger partial charge in [0.1, 0.15) is 12.1 Å². The topological polar surface area (TPSA) is 224 Å². The van der Waals surface area contributed by atoms with Crippen LogP contribution in [0.1, 0.15) is 44.5 Å². The van der Waals surface area contributed by atoms with Crippen molar-refractivity contribution in [2.24, 2.45) is 0 Å². The molecule has 0 saturated carbocycles. The third-order valence-corrected chi connectivity index (χ3v) is 5.15. The van der Waals surface area contributed by atoms with Crippen molar-refractivity contribution in [3.05, 3.63) is 99.7 Å². The molecule has 0 radical (unpaired) electrons. The van der Waals surface area contributed by atoms with Gasteiger partial charge in [0.2, 0.25) is 10.9 Å². The number of hydrogen-bond acceptors (Lipinski definition) is 10. The molecule has 0 saturated heterocycles. The first-order chi connectivity index (χ1) is 17.3. The number of nitrogens with zero attached hydrogens (tertiary/aromatic N) is 8.